The molecule has 0 aliphatic heterocycles. The molecule has 132 valence electrons. The molecule has 0 atom stereocenters. The highest BCUT2D eigenvalue weighted by Crippen LogP contribution is 2.26. The molecule has 0 radical (unpaired) electrons. The van der Waals surface area contributed by atoms with Crippen molar-refractivity contribution < 1.29 is 4.42 Å². The van der Waals surface area contributed by atoms with Gasteiger partial charge < -0.3 is 15.2 Å². The minimum absolute atomic E-state index is 0.154. The fourth-order valence-electron chi connectivity index (χ4n) is 2.73. The Bertz CT molecular complexity index is 1160. The van der Waals surface area contributed by atoms with Gasteiger partial charge in [0.05, 0.1) is 28.5 Å². The summed E-state index contributed by atoms with van der Waals surface area (Å²) in [5.41, 5.74) is 2.30. The third kappa shape index (κ3) is 2.76. The molecule has 3 N–H and O–H groups in total. The van der Waals surface area contributed by atoms with Gasteiger partial charge in [-0.15, -0.1) is 10.2 Å². The molecule has 0 fully saturated rings. The summed E-state index contributed by atoms with van der Waals surface area (Å²) in [5.74, 6) is 8.33. The van der Waals surface area contributed by atoms with Gasteiger partial charge in [0, 0.05) is 0 Å². The molecule has 26 heavy (non-hydrogen) atoms. The standard InChI is InChI=1S/C17H16N6O2S/c1-9-4-3-5-12-14(9)19-13(20-16(12)24)8-26-17-22-21-15(23(17)18)11-6-7-25-10(11)2/h3-7H,8,18H2,1-2H3,(H,19,20,24). The Labute approximate surface area is 152 Å². The van der Waals surface area contributed by atoms with Crippen molar-refractivity contribution in [1.29, 1.82) is 0 Å². The summed E-state index contributed by atoms with van der Waals surface area (Å²) >= 11 is 1.35. The molecule has 3 heterocycles. The topological polar surface area (TPSA) is 116 Å². The summed E-state index contributed by atoms with van der Waals surface area (Å²) in [6.07, 6.45) is 1.58. The average Bonchev–Trinajstić information content (AvgIpc) is 3.19. The lowest BCUT2D eigenvalue weighted by Gasteiger charge is -2.05. The molecular weight excluding hydrogens is 352 g/mol. The molecule has 0 saturated carbocycles. The molecule has 9 heteroatoms. The molecular formula is C17H16N6O2S. The third-order valence-corrected chi connectivity index (χ3v) is 5.04. The largest absolute Gasteiger partial charge is 0.469 e. The molecule has 4 rings (SSSR count). The fourth-order valence-corrected chi connectivity index (χ4v) is 3.46. The van der Waals surface area contributed by atoms with Crippen LogP contribution in [0.25, 0.3) is 22.3 Å². The molecule has 0 aliphatic rings. The number of aryl methyl sites for hydroxylation is 2. The van der Waals surface area contributed by atoms with Crippen molar-refractivity contribution in [1.82, 2.24) is 24.8 Å². The van der Waals surface area contributed by atoms with E-state index in [0.717, 1.165) is 16.9 Å². The van der Waals surface area contributed by atoms with Gasteiger partial charge in [-0.3, -0.25) is 4.79 Å². The predicted molar refractivity (Wildman–Crippen MR) is 99.3 cm³/mol. The zero-order valence-corrected chi connectivity index (χ0v) is 15.0. The highest BCUT2D eigenvalue weighted by atomic mass is 32.2. The number of benzene rings is 1. The number of hydrogen-bond donors (Lipinski definition) is 2. The first-order chi connectivity index (χ1) is 12.5. The number of nitrogens with two attached hydrogens (primary N) is 1. The first-order valence-corrected chi connectivity index (χ1v) is 8.89. The molecule has 0 spiro atoms. The molecule has 3 aromatic heterocycles. The van der Waals surface area contributed by atoms with Crippen LogP contribution in [-0.4, -0.2) is 24.8 Å². The Kier molecular flexibility index (Phi) is 4.00. The second-order valence-electron chi connectivity index (χ2n) is 5.84. The van der Waals surface area contributed by atoms with Gasteiger partial charge in [-0.25, -0.2) is 9.66 Å². The number of furan rings is 1. The fraction of sp³-hybridized carbons (Fsp3) is 0.176. The van der Waals surface area contributed by atoms with Crippen molar-refractivity contribution in [2.75, 3.05) is 5.84 Å². The lowest BCUT2D eigenvalue weighted by molar-refractivity contribution is 0.535. The van der Waals surface area contributed by atoms with Crippen molar-refractivity contribution in [2.24, 2.45) is 0 Å². The van der Waals surface area contributed by atoms with E-state index in [0.29, 0.717) is 33.5 Å². The maximum Gasteiger partial charge on any atom is 0.258 e. The molecule has 4 aromatic rings. The minimum atomic E-state index is -0.154. The minimum Gasteiger partial charge on any atom is -0.469 e. The summed E-state index contributed by atoms with van der Waals surface area (Å²) < 4.78 is 6.69. The monoisotopic (exact) mass is 368 g/mol. The zero-order valence-electron chi connectivity index (χ0n) is 14.2. The van der Waals surface area contributed by atoms with Gasteiger partial charge >= 0.3 is 0 Å². The molecule has 0 unspecified atom stereocenters. The van der Waals surface area contributed by atoms with Gasteiger partial charge in [0.1, 0.15) is 11.6 Å². The van der Waals surface area contributed by atoms with Crippen molar-refractivity contribution in [2.45, 2.75) is 24.8 Å². The van der Waals surface area contributed by atoms with E-state index in [9.17, 15) is 4.79 Å². The summed E-state index contributed by atoms with van der Waals surface area (Å²) in [6, 6.07) is 7.34. The normalized spacial score (nSPS) is 11.3. The van der Waals surface area contributed by atoms with Crippen molar-refractivity contribution in [3.05, 3.63) is 58.0 Å². The number of nitrogens with one attached hydrogen (secondary N) is 1. The molecule has 8 nitrogen and oxygen atoms in total. The maximum absolute atomic E-state index is 12.3. The Morgan fingerprint density at radius 1 is 1.27 bits per heavy atom. The van der Waals surface area contributed by atoms with Crippen LogP contribution in [0.1, 0.15) is 17.1 Å². The summed E-state index contributed by atoms with van der Waals surface area (Å²) in [7, 11) is 0. The number of fused-ring (bicyclic) bond motifs is 1. The number of H-pyrrole nitrogens is 1. The lowest BCUT2D eigenvalue weighted by atomic mass is 10.1. The Morgan fingerprint density at radius 3 is 2.88 bits per heavy atom. The van der Waals surface area contributed by atoms with E-state index in [2.05, 4.69) is 20.2 Å². The first-order valence-electron chi connectivity index (χ1n) is 7.91. The maximum atomic E-state index is 12.3. The van der Waals surface area contributed by atoms with E-state index >= 15 is 0 Å². The van der Waals surface area contributed by atoms with Crippen LogP contribution in [0.2, 0.25) is 0 Å². The second-order valence-corrected chi connectivity index (χ2v) is 6.78. The van der Waals surface area contributed by atoms with Crippen LogP contribution in [0, 0.1) is 13.8 Å². The number of rotatable bonds is 4. The number of para-hydroxylation sites is 1. The molecule has 0 bridgehead atoms. The van der Waals surface area contributed by atoms with Gasteiger partial charge in [-0.2, -0.15) is 0 Å². The van der Waals surface area contributed by atoms with Crippen LogP contribution in [-0.2, 0) is 5.75 Å². The number of aromatic nitrogens is 5. The van der Waals surface area contributed by atoms with Crippen LogP contribution in [0.5, 0.6) is 0 Å². The van der Waals surface area contributed by atoms with E-state index in [-0.39, 0.29) is 5.56 Å². The highest BCUT2D eigenvalue weighted by molar-refractivity contribution is 7.98. The molecule has 0 aliphatic carbocycles. The summed E-state index contributed by atoms with van der Waals surface area (Å²) in [4.78, 5) is 19.6. The Morgan fingerprint density at radius 2 is 2.12 bits per heavy atom. The number of nitrogens with zero attached hydrogens (tertiary/aromatic N) is 4. The number of thioether (sulfide) groups is 1. The van der Waals surface area contributed by atoms with Crippen LogP contribution < -0.4 is 11.4 Å². The number of aromatic amines is 1. The molecule has 0 amide bonds. The first kappa shape index (κ1) is 16.4. The SMILES string of the molecule is Cc1occc1-c1nnc(SCc2nc3c(C)cccc3c(=O)[nH]2)n1N. The van der Waals surface area contributed by atoms with Crippen LogP contribution in [0.15, 0.2) is 44.9 Å². The summed E-state index contributed by atoms with van der Waals surface area (Å²) in [6.45, 7) is 3.77. The molecule has 0 saturated heterocycles. The van der Waals surface area contributed by atoms with Gasteiger partial charge in [0.25, 0.3) is 5.56 Å². The Balaban J connectivity index is 1.61. The van der Waals surface area contributed by atoms with Crippen molar-refractivity contribution in [3.8, 4) is 11.4 Å². The zero-order chi connectivity index (χ0) is 18.3. The number of hydrogen-bond acceptors (Lipinski definition) is 7. The smallest absolute Gasteiger partial charge is 0.258 e. The lowest BCUT2D eigenvalue weighted by Crippen LogP contribution is -2.13. The van der Waals surface area contributed by atoms with Crippen LogP contribution >= 0.6 is 11.8 Å². The van der Waals surface area contributed by atoms with Crippen molar-refractivity contribution >= 4 is 22.7 Å². The Hall–Kier alpha value is -3.07. The number of nitrogen functional groups attached to an aromatic ring is 1. The van der Waals surface area contributed by atoms with Gasteiger partial charge in [-0.05, 0) is 31.5 Å². The van der Waals surface area contributed by atoms with Gasteiger partial charge in [0.15, 0.2) is 5.82 Å². The predicted octanol–water partition coefficient (Wildman–Crippen LogP) is 2.40. The highest BCUT2D eigenvalue weighted by Gasteiger charge is 2.16. The van der Waals surface area contributed by atoms with Crippen LogP contribution in [0.4, 0.5) is 0 Å². The van der Waals surface area contributed by atoms with E-state index in [1.807, 2.05) is 26.0 Å². The summed E-state index contributed by atoms with van der Waals surface area (Å²) in [5, 5.41) is 9.35. The average molecular weight is 368 g/mol. The van der Waals surface area contributed by atoms with Gasteiger partial charge in [-0.1, -0.05) is 23.9 Å². The third-order valence-electron chi connectivity index (χ3n) is 4.09. The van der Waals surface area contributed by atoms with Crippen LogP contribution in [0.3, 0.4) is 0 Å². The quantitative estimate of drug-likeness (QED) is 0.420. The van der Waals surface area contributed by atoms with E-state index < -0.39 is 0 Å². The van der Waals surface area contributed by atoms with E-state index in [4.69, 9.17) is 10.3 Å². The second kappa shape index (κ2) is 6.34. The van der Waals surface area contributed by atoms with E-state index in [1.54, 1.807) is 18.4 Å². The van der Waals surface area contributed by atoms with E-state index in [1.165, 1.54) is 16.4 Å². The van der Waals surface area contributed by atoms with Gasteiger partial charge in [0.2, 0.25) is 5.16 Å². The van der Waals surface area contributed by atoms with Crippen molar-refractivity contribution in [3.63, 3.8) is 0 Å². The molecule has 1 aromatic carbocycles.